The van der Waals surface area contributed by atoms with Crippen molar-refractivity contribution >= 4 is 40.0 Å². The lowest BCUT2D eigenvalue weighted by Crippen LogP contribution is -2.37. The molecule has 0 fully saturated rings. The molecule has 0 bridgehead atoms. The van der Waals surface area contributed by atoms with E-state index >= 15 is 0 Å². The number of nitrogens with one attached hydrogen (secondary N) is 1. The van der Waals surface area contributed by atoms with Gasteiger partial charge in [-0.15, -0.1) is 0 Å². The summed E-state index contributed by atoms with van der Waals surface area (Å²) in [6.45, 7) is 9.22. The highest BCUT2D eigenvalue weighted by molar-refractivity contribution is 8.01. The number of carbonyl (C=O) groups excluding carboxylic acids is 1. The lowest BCUT2D eigenvalue weighted by atomic mass is 10.1. The molecule has 0 saturated heterocycles. The molecule has 0 saturated carbocycles. The summed E-state index contributed by atoms with van der Waals surface area (Å²) in [6.07, 6.45) is 3.57. The summed E-state index contributed by atoms with van der Waals surface area (Å²) in [7, 11) is 0. The molecule has 176 valence electrons. The zero-order valence-electron chi connectivity index (χ0n) is 19.2. The van der Waals surface area contributed by atoms with Gasteiger partial charge in [0.15, 0.2) is 5.13 Å². The van der Waals surface area contributed by atoms with Crippen molar-refractivity contribution in [2.75, 3.05) is 44.8 Å². The van der Waals surface area contributed by atoms with E-state index in [-0.39, 0.29) is 5.91 Å². The first kappa shape index (κ1) is 25.2. The van der Waals surface area contributed by atoms with Crippen molar-refractivity contribution in [2.24, 2.45) is 0 Å². The molecule has 0 radical (unpaired) electrons. The smallest absolute Gasteiger partial charge is 0.254 e. The minimum Gasteiger partial charge on any atom is -0.380 e. The first-order chi connectivity index (χ1) is 16.1. The molecule has 0 aliphatic carbocycles. The monoisotopic (exact) mass is 486 g/mol. The largest absolute Gasteiger partial charge is 0.380 e. The zero-order chi connectivity index (χ0) is 23.5. The van der Waals surface area contributed by atoms with Crippen molar-refractivity contribution in [1.82, 2.24) is 14.9 Å². The molecule has 7 nitrogen and oxygen atoms in total. The summed E-state index contributed by atoms with van der Waals surface area (Å²) in [5, 5.41) is 3.99. The van der Waals surface area contributed by atoms with E-state index in [1.807, 2.05) is 68.3 Å². The topological polar surface area (TPSA) is 76.6 Å². The quantitative estimate of drug-likeness (QED) is 0.330. The van der Waals surface area contributed by atoms with Gasteiger partial charge in [-0.25, -0.2) is 9.97 Å². The third kappa shape index (κ3) is 7.82. The Hall–Kier alpha value is -2.46. The van der Waals surface area contributed by atoms with Gasteiger partial charge < -0.3 is 19.7 Å². The van der Waals surface area contributed by atoms with Crippen LogP contribution in [0.5, 0.6) is 0 Å². The molecule has 2 aromatic heterocycles. The van der Waals surface area contributed by atoms with Crippen molar-refractivity contribution in [3.8, 4) is 0 Å². The lowest BCUT2D eigenvalue weighted by Gasteiger charge is -2.23. The summed E-state index contributed by atoms with van der Waals surface area (Å²) < 4.78 is 12.0. The van der Waals surface area contributed by atoms with Gasteiger partial charge in [-0.05, 0) is 50.6 Å². The van der Waals surface area contributed by atoms with Gasteiger partial charge in [0, 0.05) is 43.0 Å². The number of pyridine rings is 1. The lowest BCUT2D eigenvalue weighted by molar-refractivity contribution is 0.0549. The predicted molar refractivity (Wildman–Crippen MR) is 134 cm³/mol. The molecule has 2 heterocycles. The Balaban J connectivity index is 1.70. The van der Waals surface area contributed by atoms with E-state index in [2.05, 4.69) is 15.3 Å². The highest BCUT2D eigenvalue weighted by Crippen LogP contribution is 2.35. The van der Waals surface area contributed by atoms with Gasteiger partial charge >= 0.3 is 0 Å². The first-order valence-corrected chi connectivity index (χ1v) is 12.6. The molecule has 3 rings (SSSR count). The van der Waals surface area contributed by atoms with Gasteiger partial charge in [-0.1, -0.05) is 35.2 Å². The number of aromatic nitrogens is 2. The fourth-order valence-corrected chi connectivity index (χ4v) is 4.94. The van der Waals surface area contributed by atoms with E-state index in [1.165, 1.54) is 0 Å². The third-order valence-corrected chi connectivity index (χ3v) is 6.75. The summed E-state index contributed by atoms with van der Waals surface area (Å²) >= 11 is 3.14. The molecule has 1 aromatic carbocycles. The molecule has 1 N–H and O–H groups in total. The van der Waals surface area contributed by atoms with Crippen molar-refractivity contribution in [2.45, 2.75) is 29.9 Å². The molecule has 0 spiro atoms. The molecule has 3 aromatic rings. The van der Waals surface area contributed by atoms with Crippen molar-refractivity contribution in [1.29, 1.82) is 0 Å². The maximum atomic E-state index is 13.3. The highest BCUT2D eigenvalue weighted by Gasteiger charge is 2.18. The van der Waals surface area contributed by atoms with Crippen molar-refractivity contribution in [3.63, 3.8) is 0 Å². The summed E-state index contributed by atoms with van der Waals surface area (Å²) in [4.78, 5) is 24.9. The minimum atomic E-state index is -0.00355. The minimum absolute atomic E-state index is 0.00355. The van der Waals surface area contributed by atoms with Crippen LogP contribution in [0, 0.1) is 6.92 Å². The molecule has 0 atom stereocenters. The van der Waals surface area contributed by atoms with Crippen LogP contribution in [0.1, 0.15) is 29.8 Å². The number of carbonyl (C=O) groups is 1. The Morgan fingerprint density at radius 2 is 1.85 bits per heavy atom. The Labute approximate surface area is 203 Å². The normalized spacial score (nSPS) is 10.9. The maximum absolute atomic E-state index is 13.3. The van der Waals surface area contributed by atoms with Crippen molar-refractivity contribution in [3.05, 3.63) is 59.9 Å². The molecule has 1 amide bonds. The Bertz CT molecular complexity index is 1000. The van der Waals surface area contributed by atoms with Crippen LogP contribution in [0.15, 0.2) is 57.9 Å². The van der Waals surface area contributed by atoms with E-state index in [0.29, 0.717) is 45.1 Å². The fourth-order valence-electron chi connectivity index (χ4n) is 3.05. The van der Waals surface area contributed by atoms with Gasteiger partial charge in [0.1, 0.15) is 5.82 Å². The van der Waals surface area contributed by atoms with Crippen molar-refractivity contribution < 1.29 is 14.3 Å². The van der Waals surface area contributed by atoms with Gasteiger partial charge in [-0.3, -0.25) is 4.79 Å². The van der Waals surface area contributed by atoms with Crippen LogP contribution in [0.3, 0.4) is 0 Å². The number of benzene rings is 1. The third-order valence-electron chi connectivity index (χ3n) is 4.75. The van der Waals surface area contributed by atoms with Crippen LogP contribution in [-0.2, 0) is 9.47 Å². The molecule has 0 aliphatic rings. The molecular weight excluding hydrogens is 456 g/mol. The number of ether oxygens (including phenoxy) is 2. The number of hydrogen-bond acceptors (Lipinski definition) is 8. The van der Waals surface area contributed by atoms with Crippen LogP contribution in [0.4, 0.5) is 10.9 Å². The summed E-state index contributed by atoms with van der Waals surface area (Å²) in [5.41, 5.74) is 1.65. The SMILES string of the molecule is CCOCCN(CCOCC)C(=O)c1cc(Sc2cnc(Nc3ccccn3)s2)ccc1C. The van der Waals surface area contributed by atoms with Crippen LogP contribution in [-0.4, -0.2) is 60.3 Å². The average Bonchev–Trinajstić information content (AvgIpc) is 3.26. The van der Waals surface area contributed by atoms with Gasteiger partial charge in [0.05, 0.1) is 23.6 Å². The first-order valence-electron chi connectivity index (χ1n) is 11.0. The number of aryl methyl sites for hydroxylation is 1. The second-order valence-corrected chi connectivity index (χ2v) is 9.49. The number of rotatable bonds is 13. The highest BCUT2D eigenvalue weighted by atomic mass is 32.2. The molecule has 0 unspecified atom stereocenters. The zero-order valence-corrected chi connectivity index (χ0v) is 20.9. The van der Waals surface area contributed by atoms with E-state index in [9.17, 15) is 4.79 Å². The molecular formula is C24H30N4O3S2. The van der Waals surface area contributed by atoms with Crippen LogP contribution in [0.2, 0.25) is 0 Å². The standard InChI is InChI=1S/C24H30N4O3S2/c1-4-30-14-12-28(13-15-31-5-2)23(29)20-16-19(10-9-18(20)3)32-22-17-26-24(33-22)27-21-8-6-7-11-25-21/h6-11,16-17H,4-5,12-15H2,1-3H3,(H,25,26,27). The van der Waals surface area contributed by atoms with E-state index in [1.54, 1.807) is 29.3 Å². The second-order valence-electron chi connectivity index (χ2n) is 7.09. The Morgan fingerprint density at radius 1 is 1.09 bits per heavy atom. The summed E-state index contributed by atoms with van der Waals surface area (Å²) in [5.74, 6) is 0.752. The Morgan fingerprint density at radius 3 is 2.52 bits per heavy atom. The van der Waals surface area contributed by atoms with Gasteiger partial charge in [-0.2, -0.15) is 0 Å². The van der Waals surface area contributed by atoms with Crippen LogP contribution < -0.4 is 5.32 Å². The number of amides is 1. The number of anilines is 2. The Kier molecular flexibility index (Phi) is 10.1. The number of nitrogens with zero attached hydrogens (tertiary/aromatic N) is 3. The molecule has 9 heteroatoms. The fraction of sp³-hybridized carbons (Fsp3) is 0.375. The van der Waals surface area contributed by atoms with E-state index in [4.69, 9.17) is 9.47 Å². The molecule has 33 heavy (non-hydrogen) atoms. The van der Waals surface area contributed by atoms with E-state index in [0.717, 1.165) is 25.6 Å². The van der Waals surface area contributed by atoms with Crippen LogP contribution >= 0.6 is 23.1 Å². The second kappa shape index (κ2) is 13.3. The number of hydrogen-bond donors (Lipinski definition) is 1. The van der Waals surface area contributed by atoms with Gasteiger partial charge in [0.2, 0.25) is 0 Å². The summed E-state index contributed by atoms with van der Waals surface area (Å²) in [6, 6.07) is 11.7. The average molecular weight is 487 g/mol. The maximum Gasteiger partial charge on any atom is 0.254 e. The predicted octanol–water partition coefficient (Wildman–Crippen LogP) is 5.26. The molecule has 0 aliphatic heterocycles. The van der Waals surface area contributed by atoms with Crippen LogP contribution in [0.25, 0.3) is 0 Å². The van der Waals surface area contributed by atoms with Gasteiger partial charge in [0.25, 0.3) is 5.91 Å². The van der Waals surface area contributed by atoms with E-state index < -0.39 is 0 Å². The number of thiazole rings is 1.